The highest BCUT2D eigenvalue weighted by molar-refractivity contribution is 5.76. The average Bonchev–Trinajstić information content (AvgIpc) is 2.76. The summed E-state index contributed by atoms with van der Waals surface area (Å²) in [6.07, 6.45) is 13.3. The molecule has 1 aromatic carbocycles. The number of hydrogen-bond donors (Lipinski definition) is 0. The van der Waals surface area contributed by atoms with Crippen molar-refractivity contribution in [3.63, 3.8) is 0 Å². The molecule has 30 heavy (non-hydrogen) atoms. The molecule has 4 heteroatoms. The smallest absolute Gasteiger partial charge is 0.314 e. The lowest BCUT2D eigenvalue weighted by Gasteiger charge is -2.27. The van der Waals surface area contributed by atoms with Gasteiger partial charge in [-0.1, -0.05) is 39.5 Å². The molecule has 0 saturated heterocycles. The van der Waals surface area contributed by atoms with Crippen molar-refractivity contribution in [2.75, 3.05) is 0 Å². The van der Waals surface area contributed by atoms with Crippen LogP contribution >= 0.6 is 0 Å². The van der Waals surface area contributed by atoms with E-state index in [1.807, 2.05) is 0 Å². The summed E-state index contributed by atoms with van der Waals surface area (Å²) in [6, 6.07) is 6.88. The minimum absolute atomic E-state index is 0.0100. The molecular formula is C26H38O4. The molecule has 0 spiro atoms. The van der Waals surface area contributed by atoms with E-state index in [4.69, 9.17) is 9.47 Å². The number of esters is 2. The van der Waals surface area contributed by atoms with Crippen molar-refractivity contribution >= 4 is 11.9 Å². The molecule has 0 heterocycles. The summed E-state index contributed by atoms with van der Waals surface area (Å²) in [6.45, 7) is 4.47. The van der Waals surface area contributed by atoms with Gasteiger partial charge in [0, 0.05) is 0 Å². The summed E-state index contributed by atoms with van der Waals surface area (Å²) in [5.41, 5.74) is 0. The van der Waals surface area contributed by atoms with Gasteiger partial charge in [0.05, 0.1) is 11.8 Å². The van der Waals surface area contributed by atoms with Gasteiger partial charge in [-0.25, -0.2) is 0 Å². The largest absolute Gasteiger partial charge is 0.426 e. The van der Waals surface area contributed by atoms with E-state index < -0.39 is 0 Å². The van der Waals surface area contributed by atoms with Crippen molar-refractivity contribution in [1.29, 1.82) is 0 Å². The SMILES string of the molecule is CCCCCC1CCC(C(=O)Oc2ccc(OC(=O)C3CCC(C)CC3)cc2)CC1. The third-order valence-electron chi connectivity index (χ3n) is 7.01. The van der Waals surface area contributed by atoms with Gasteiger partial charge in [0.25, 0.3) is 0 Å². The van der Waals surface area contributed by atoms with Gasteiger partial charge in [-0.2, -0.15) is 0 Å². The molecular weight excluding hydrogens is 376 g/mol. The minimum Gasteiger partial charge on any atom is -0.426 e. The zero-order valence-electron chi connectivity index (χ0n) is 18.7. The van der Waals surface area contributed by atoms with Gasteiger partial charge in [0.1, 0.15) is 11.5 Å². The Morgan fingerprint density at radius 1 is 0.767 bits per heavy atom. The maximum atomic E-state index is 12.5. The van der Waals surface area contributed by atoms with Crippen molar-refractivity contribution in [1.82, 2.24) is 0 Å². The summed E-state index contributed by atoms with van der Waals surface area (Å²) in [5.74, 6) is 2.29. The lowest BCUT2D eigenvalue weighted by Crippen LogP contribution is -2.26. The number of carbonyl (C=O) groups is 2. The van der Waals surface area contributed by atoms with Crippen molar-refractivity contribution in [3.8, 4) is 11.5 Å². The summed E-state index contributed by atoms with van der Waals surface area (Å²) in [5, 5.41) is 0. The quantitative estimate of drug-likeness (QED) is 0.269. The number of hydrogen-bond acceptors (Lipinski definition) is 4. The van der Waals surface area contributed by atoms with Crippen LogP contribution in [0.2, 0.25) is 0 Å². The van der Waals surface area contributed by atoms with Crippen LogP contribution < -0.4 is 9.47 Å². The Labute approximate surface area is 181 Å². The molecule has 0 aliphatic heterocycles. The van der Waals surface area contributed by atoms with E-state index in [1.54, 1.807) is 24.3 Å². The van der Waals surface area contributed by atoms with E-state index in [0.717, 1.165) is 57.3 Å². The second kappa shape index (κ2) is 11.5. The van der Waals surface area contributed by atoms with Crippen LogP contribution in [-0.4, -0.2) is 11.9 Å². The summed E-state index contributed by atoms with van der Waals surface area (Å²) in [7, 11) is 0. The lowest BCUT2D eigenvalue weighted by molar-refractivity contribution is -0.141. The fourth-order valence-electron chi connectivity index (χ4n) is 4.84. The first-order chi connectivity index (χ1) is 14.5. The van der Waals surface area contributed by atoms with E-state index in [1.165, 1.54) is 25.7 Å². The third-order valence-corrected chi connectivity index (χ3v) is 7.01. The third kappa shape index (κ3) is 6.85. The van der Waals surface area contributed by atoms with Gasteiger partial charge in [0.15, 0.2) is 0 Å². The average molecular weight is 415 g/mol. The molecule has 2 fully saturated rings. The first-order valence-electron chi connectivity index (χ1n) is 12.1. The molecule has 2 aliphatic rings. The zero-order valence-corrected chi connectivity index (χ0v) is 18.7. The van der Waals surface area contributed by atoms with Gasteiger partial charge >= 0.3 is 11.9 Å². The Kier molecular flexibility index (Phi) is 8.77. The minimum atomic E-state index is -0.137. The summed E-state index contributed by atoms with van der Waals surface area (Å²) >= 11 is 0. The highest BCUT2D eigenvalue weighted by Crippen LogP contribution is 2.33. The molecule has 4 nitrogen and oxygen atoms in total. The van der Waals surface area contributed by atoms with Gasteiger partial charge in [-0.3, -0.25) is 9.59 Å². The number of benzene rings is 1. The second-order valence-electron chi connectivity index (χ2n) is 9.48. The lowest BCUT2D eigenvalue weighted by atomic mass is 9.80. The highest BCUT2D eigenvalue weighted by Gasteiger charge is 2.28. The van der Waals surface area contributed by atoms with Gasteiger partial charge in [0.2, 0.25) is 0 Å². The highest BCUT2D eigenvalue weighted by atomic mass is 16.5. The van der Waals surface area contributed by atoms with E-state index in [-0.39, 0.29) is 23.8 Å². The molecule has 0 aromatic heterocycles. The molecule has 1 aromatic rings. The zero-order chi connectivity index (χ0) is 21.3. The van der Waals surface area contributed by atoms with Gasteiger partial charge < -0.3 is 9.47 Å². The van der Waals surface area contributed by atoms with Crippen molar-refractivity contribution in [2.24, 2.45) is 23.7 Å². The predicted molar refractivity (Wildman–Crippen MR) is 118 cm³/mol. The Morgan fingerprint density at radius 2 is 1.23 bits per heavy atom. The summed E-state index contributed by atoms with van der Waals surface area (Å²) < 4.78 is 11.1. The van der Waals surface area contributed by atoms with Crippen molar-refractivity contribution in [2.45, 2.75) is 90.9 Å². The van der Waals surface area contributed by atoms with Crippen LogP contribution in [0.15, 0.2) is 24.3 Å². The molecule has 166 valence electrons. The topological polar surface area (TPSA) is 52.6 Å². The van der Waals surface area contributed by atoms with Crippen LogP contribution in [0, 0.1) is 23.7 Å². The first-order valence-corrected chi connectivity index (χ1v) is 12.1. The molecule has 0 atom stereocenters. The van der Waals surface area contributed by atoms with Gasteiger partial charge in [-0.05, 0) is 87.5 Å². The molecule has 2 aliphatic carbocycles. The molecule has 0 unspecified atom stereocenters. The Balaban J connectivity index is 1.41. The number of ether oxygens (including phenoxy) is 2. The fourth-order valence-corrected chi connectivity index (χ4v) is 4.84. The van der Waals surface area contributed by atoms with E-state index in [2.05, 4.69) is 13.8 Å². The van der Waals surface area contributed by atoms with Crippen LogP contribution in [0.1, 0.15) is 90.9 Å². The van der Waals surface area contributed by atoms with Crippen LogP contribution in [0.4, 0.5) is 0 Å². The number of carbonyl (C=O) groups excluding carboxylic acids is 2. The second-order valence-corrected chi connectivity index (χ2v) is 9.48. The van der Waals surface area contributed by atoms with Crippen molar-refractivity contribution < 1.29 is 19.1 Å². The molecule has 3 rings (SSSR count). The van der Waals surface area contributed by atoms with E-state index >= 15 is 0 Å². The molecule has 2 saturated carbocycles. The Hall–Kier alpha value is -1.84. The Bertz CT molecular complexity index is 665. The monoisotopic (exact) mass is 414 g/mol. The standard InChI is InChI=1S/C26H38O4/c1-3-4-5-6-20-9-13-22(14-10-20)26(28)30-24-17-15-23(16-18-24)29-25(27)21-11-7-19(2)8-12-21/h15-22H,3-14H2,1-2H3. The van der Waals surface area contributed by atoms with Crippen LogP contribution in [0.3, 0.4) is 0 Å². The van der Waals surface area contributed by atoms with Gasteiger partial charge in [-0.15, -0.1) is 0 Å². The number of unbranched alkanes of at least 4 members (excludes halogenated alkanes) is 2. The molecule has 0 bridgehead atoms. The normalized spacial score (nSPS) is 26.7. The predicted octanol–water partition coefficient (Wildman–Crippen LogP) is 6.71. The van der Waals surface area contributed by atoms with E-state index in [0.29, 0.717) is 17.4 Å². The van der Waals surface area contributed by atoms with Crippen LogP contribution in [0.25, 0.3) is 0 Å². The van der Waals surface area contributed by atoms with E-state index in [9.17, 15) is 9.59 Å². The van der Waals surface area contributed by atoms with Crippen LogP contribution in [-0.2, 0) is 9.59 Å². The maximum absolute atomic E-state index is 12.5. The molecule has 0 radical (unpaired) electrons. The number of rotatable bonds is 8. The molecule has 0 amide bonds. The van der Waals surface area contributed by atoms with Crippen molar-refractivity contribution in [3.05, 3.63) is 24.3 Å². The Morgan fingerprint density at radius 3 is 1.70 bits per heavy atom. The fraction of sp³-hybridized carbons (Fsp3) is 0.692. The van der Waals surface area contributed by atoms with Crippen LogP contribution in [0.5, 0.6) is 11.5 Å². The maximum Gasteiger partial charge on any atom is 0.314 e. The molecule has 0 N–H and O–H groups in total. The summed E-state index contributed by atoms with van der Waals surface area (Å²) in [4.78, 5) is 24.9. The first kappa shape index (κ1) is 22.8.